The van der Waals surface area contributed by atoms with Crippen LogP contribution in [0.1, 0.15) is 30.3 Å². The van der Waals surface area contributed by atoms with Gasteiger partial charge in [0.05, 0.1) is 16.0 Å². The first-order chi connectivity index (χ1) is 15.8. The average Bonchev–Trinajstić information content (AvgIpc) is 3.29. The van der Waals surface area contributed by atoms with Gasteiger partial charge >= 0.3 is 0 Å². The zero-order chi connectivity index (χ0) is 23.5. The number of hydrogen-bond donors (Lipinski definition) is 1. The van der Waals surface area contributed by atoms with Crippen LogP contribution in [0.4, 0.5) is 10.8 Å². The topological polar surface area (TPSA) is 85.9 Å². The first kappa shape index (κ1) is 23.8. The summed E-state index contributed by atoms with van der Waals surface area (Å²) in [6, 6.07) is 5.18. The zero-order valence-electron chi connectivity index (χ0n) is 18.2. The van der Waals surface area contributed by atoms with Gasteiger partial charge in [0.15, 0.2) is 5.13 Å². The Morgan fingerprint density at radius 2 is 1.76 bits per heavy atom. The van der Waals surface area contributed by atoms with E-state index in [1.54, 1.807) is 40.3 Å². The number of nitrogens with one attached hydrogen (secondary N) is 1. The van der Waals surface area contributed by atoms with E-state index < -0.39 is 0 Å². The molecular formula is C22H25Cl2N5O3S. The van der Waals surface area contributed by atoms with E-state index in [1.807, 2.05) is 4.90 Å². The van der Waals surface area contributed by atoms with E-state index in [-0.39, 0.29) is 23.6 Å². The normalized spacial score (nSPS) is 18.9. The Hall–Kier alpha value is -2.36. The molecule has 1 atom stereocenters. The SMILES string of the molecule is CC(=O)N1CCN(C(=O)[C@@H]2CCCN(C(=O)c3csc(Nc4ccc(Cl)c(Cl)c4)n3)C2)CC1. The average molecular weight is 510 g/mol. The monoisotopic (exact) mass is 509 g/mol. The molecule has 33 heavy (non-hydrogen) atoms. The van der Waals surface area contributed by atoms with Crippen LogP contribution in [0.5, 0.6) is 0 Å². The lowest BCUT2D eigenvalue weighted by molar-refractivity contribution is -0.142. The number of halogens is 2. The first-order valence-electron chi connectivity index (χ1n) is 10.8. The molecule has 0 aliphatic carbocycles. The third-order valence-electron chi connectivity index (χ3n) is 5.99. The molecule has 0 unspecified atom stereocenters. The summed E-state index contributed by atoms with van der Waals surface area (Å²) in [6.45, 7) is 4.74. The smallest absolute Gasteiger partial charge is 0.273 e. The van der Waals surface area contributed by atoms with Crippen LogP contribution in [0.2, 0.25) is 10.0 Å². The second kappa shape index (κ2) is 10.3. The maximum Gasteiger partial charge on any atom is 0.273 e. The van der Waals surface area contributed by atoms with Crippen molar-refractivity contribution in [1.82, 2.24) is 19.7 Å². The van der Waals surface area contributed by atoms with Gasteiger partial charge in [-0.3, -0.25) is 14.4 Å². The Balaban J connectivity index is 1.35. The highest BCUT2D eigenvalue weighted by molar-refractivity contribution is 7.14. The molecule has 176 valence electrons. The van der Waals surface area contributed by atoms with Crippen molar-refractivity contribution in [3.05, 3.63) is 39.3 Å². The molecule has 3 amide bonds. The molecule has 2 saturated heterocycles. The van der Waals surface area contributed by atoms with Crippen LogP contribution in [0, 0.1) is 5.92 Å². The summed E-state index contributed by atoms with van der Waals surface area (Å²) in [4.78, 5) is 47.3. The number of carbonyl (C=O) groups is 3. The lowest BCUT2D eigenvalue weighted by Crippen LogP contribution is -2.53. The van der Waals surface area contributed by atoms with E-state index in [0.29, 0.717) is 60.1 Å². The van der Waals surface area contributed by atoms with Crippen LogP contribution in [-0.2, 0) is 9.59 Å². The second-order valence-corrected chi connectivity index (χ2v) is 9.89. The minimum absolute atomic E-state index is 0.0350. The fourth-order valence-corrected chi connectivity index (χ4v) is 5.15. The molecule has 2 aliphatic rings. The summed E-state index contributed by atoms with van der Waals surface area (Å²) < 4.78 is 0. The van der Waals surface area contributed by atoms with Crippen molar-refractivity contribution in [2.24, 2.45) is 5.92 Å². The molecule has 11 heteroatoms. The van der Waals surface area contributed by atoms with Gasteiger partial charge in [-0.25, -0.2) is 4.98 Å². The molecule has 4 rings (SSSR count). The van der Waals surface area contributed by atoms with E-state index in [4.69, 9.17) is 23.2 Å². The highest BCUT2D eigenvalue weighted by atomic mass is 35.5. The van der Waals surface area contributed by atoms with E-state index in [1.165, 1.54) is 11.3 Å². The van der Waals surface area contributed by atoms with Crippen LogP contribution in [-0.4, -0.2) is 76.7 Å². The summed E-state index contributed by atoms with van der Waals surface area (Å²) in [5.74, 6) is -0.296. The number of likely N-dealkylation sites (tertiary alicyclic amines) is 1. The van der Waals surface area contributed by atoms with Crippen LogP contribution < -0.4 is 5.32 Å². The summed E-state index contributed by atoms with van der Waals surface area (Å²) >= 11 is 13.3. The molecule has 0 saturated carbocycles. The van der Waals surface area contributed by atoms with Gasteiger partial charge in [-0.15, -0.1) is 11.3 Å². The Bertz CT molecular complexity index is 1050. The molecule has 0 radical (unpaired) electrons. The summed E-state index contributed by atoms with van der Waals surface area (Å²) in [6.07, 6.45) is 1.53. The minimum Gasteiger partial charge on any atom is -0.339 e. The molecule has 2 aliphatic heterocycles. The van der Waals surface area contributed by atoms with E-state index in [0.717, 1.165) is 18.5 Å². The molecule has 0 bridgehead atoms. The zero-order valence-corrected chi connectivity index (χ0v) is 20.5. The number of anilines is 2. The Kier molecular flexibility index (Phi) is 7.41. The minimum atomic E-state index is -0.223. The molecule has 2 fully saturated rings. The molecule has 1 aromatic heterocycles. The van der Waals surface area contributed by atoms with Crippen molar-refractivity contribution < 1.29 is 14.4 Å². The molecular weight excluding hydrogens is 485 g/mol. The Morgan fingerprint density at radius 1 is 1.03 bits per heavy atom. The Labute approximate surface area is 206 Å². The van der Waals surface area contributed by atoms with Gasteiger partial charge in [0.2, 0.25) is 11.8 Å². The molecule has 0 spiro atoms. The van der Waals surface area contributed by atoms with Gasteiger partial charge in [-0.05, 0) is 31.0 Å². The number of benzene rings is 1. The lowest BCUT2D eigenvalue weighted by atomic mass is 9.96. The Morgan fingerprint density at radius 3 is 2.45 bits per heavy atom. The van der Waals surface area contributed by atoms with Crippen molar-refractivity contribution >= 4 is 63.1 Å². The maximum atomic E-state index is 13.1. The number of nitrogens with zero attached hydrogens (tertiary/aromatic N) is 4. The van der Waals surface area contributed by atoms with E-state index in [2.05, 4.69) is 10.3 Å². The largest absolute Gasteiger partial charge is 0.339 e. The third-order valence-corrected chi connectivity index (χ3v) is 7.49. The van der Waals surface area contributed by atoms with Crippen molar-refractivity contribution in [3.8, 4) is 0 Å². The number of carbonyl (C=O) groups excluding carboxylic acids is 3. The number of amides is 3. The van der Waals surface area contributed by atoms with Gasteiger partial charge in [0.1, 0.15) is 5.69 Å². The van der Waals surface area contributed by atoms with E-state index in [9.17, 15) is 14.4 Å². The van der Waals surface area contributed by atoms with Crippen molar-refractivity contribution in [2.75, 3.05) is 44.6 Å². The number of piperazine rings is 1. The molecule has 8 nitrogen and oxygen atoms in total. The second-order valence-electron chi connectivity index (χ2n) is 8.21. The third kappa shape index (κ3) is 5.59. The van der Waals surface area contributed by atoms with Gasteiger partial charge in [0, 0.05) is 57.3 Å². The van der Waals surface area contributed by atoms with E-state index >= 15 is 0 Å². The lowest BCUT2D eigenvalue weighted by Gasteiger charge is -2.38. The van der Waals surface area contributed by atoms with Crippen LogP contribution in [0.3, 0.4) is 0 Å². The number of thiazole rings is 1. The number of hydrogen-bond acceptors (Lipinski definition) is 6. The van der Waals surface area contributed by atoms with Crippen molar-refractivity contribution in [1.29, 1.82) is 0 Å². The summed E-state index contributed by atoms with van der Waals surface area (Å²) in [7, 11) is 0. The summed E-state index contributed by atoms with van der Waals surface area (Å²) in [5.41, 5.74) is 1.08. The predicted octanol–water partition coefficient (Wildman–Crippen LogP) is 3.74. The van der Waals surface area contributed by atoms with Gasteiger partial charge < -0.3 is 20.0 Å². The van der Waals surface area contributed by atoms with Crippen LogP contribution in [0.15, 0.2) is 23.6 Å². The fourth-order valence-electron chi connectivity index (χ4n) is 4.15. The quantitative estimate of drug-likeness (QED) is 0.678. The first-order valence-corrected chi connectivity index (χ1v) is 12.5. The van der Waals surface area contributed by atoms with Crippen LogP contribution in [0.25, 0.3) is 0 Å². The van der Waals surface area contributed by atoms with Gasteiger partial charge in [-0.2, -0.15) is 0 Å². The van der Waals surface area contributed by atoms with Crippen molar-refractivity contribution in [2.45, 2.75) is 19.8 Å². The number of rotatable bonds is 4. The molecule has 1 N–H and O–H groups in total. The summed E-state index contributed by atoms with van der Waals surface area (Å²) in [5, 5.41) is 6.32. The van der Waals surface area contributed by atoms with Gasteiger partial charge in [-0.1, -0.05) is 23.2 Å². The predicted molar refractivity (Wildman–Crippen MR) is 129 cm³/mol. The highest BCUT2D eigenvalue weighted by Crippen LogP contribution is 2.29. The maximum absolute atomic E-state index is 13.1. The number of aromatic nitrogens is 1. The standard InChI is InChI=1S/C22H25Cl2N5O3S/c1-14(30)27-7-9-28(10-8-27)20(31)15-3-2-6-29(12-15)21(32)19-13-33-22(26-19)25-16-4-5-17(23)18(24)11-16/h4-5,11,13,15H,2-3,6-10,12H2,1H3,(H,25,26)/t15-/m1/s1. The van der Waals surface area contributed by atoms with Crippen LogP contribution >= 0.6 is 34.5 Å². The highest BCUT2D eigenvalue weighted by Gasteiger charge is 2.33. The number of piperidine rings is 1. The molecule has 1 aromatic carbocycles. The molecule has 3 heterocycles. The van der Waals surface area contributed by atoms with Crippen molar-refractivity contribution in [3.63, 3.8) is 0 Å². The molecule has 2 aromatic rings. The fraction of sp³-hybridized carbons (Fsp3) is 0.455. The van der Waals surface area contributed by atoms with Gasteiger partial charge in [0.25, 0.3) is 5.91 Å².